The molecule has 2 N–H and O–H groups in total. The molecule has 1 aliphatic rings. The van der Waals surface area contributed by atoms with Gasteiger partial charge >= 0.3 is 0 Å². The van der Waals surface area contributed by atoms with Crippen molar-refractivity contribution < 1.29 is 9.47 Å². The van der Waals surface area contributed by atoms with E-state index in [0.717, 1.165) is 23.6 Å². The van der Waals surface area contributed by atoms with E-state index < -0.39 is 0 Å². The summed E-state index contributed by atoms with van der Waals surface area (Å²) in [6, 6.07) is 11.5. The molecule has 0 aliphatic carbocycles. The van der Waals surface area contributed by atoms with Crippen LogP contribution in [0.25, 0.3) is 11.3 Å². The first-order valence-corrected chi connectivity index (χ1v) is 8.02. The van der Waals surface area contributed by atoms with E-state index in [1.165, 1.54) is 25.9 Å². The summed E-state index contributed by atoms with van der Waals surface area (Å²) in [6.45, 7) is 4.00. The smallest absolute Gasteiger partial charge is 0.161 e. The number of methoxy groups -OCH3 is 1. The van der Waals surface area contributed by atoms with Crippen LogP contribution in [-0.4, -0.2) is 43.2 Å². The minimum atomic E-state index is 0.507. The van der Waals surface area contributed by atoms with Crippen molar-refractivity contribution in [1.82, 2.24) is 9.88 Å². The molecule has 2 heterocycles. The standard InChI is InChI=1S/C18H23N3O2/c1-22-17-13-14(15-5-4-6-18(19)20-15)7-8-16(17)23-12-11-21-9-2-3-10-21/h4-8,13H,2-3,9-12H2,1H3,(H2,19,20). The number of nitrogens with two attached hydrogens (primary N) is 1. The quantitative estimate of drug-likeness (QED) is 0.888. The molecule has 0 saturated carbocycles. The van der Waals surface area contributed by atoms with Gasteiger partial charge in [0.15, 0.2) is 11.5 Å². The van der Waals surface area contributed by atoms with Crippen LogP contribution in [0, 0.1) is 0 Å². The zero-order chi connectivity index (χ0) is 16.1. The van der Waals surface area contributed by atoms with Gasteiger partial charge < -0.3 is 15.2 Å². The van der Waals surface area contributed by atoms with E-state index in [0.29, 0.717) is 18.2 Å². The van der Waals surface area contributed by atoms with Gasteiger partial charge in [0.2, 0.25) is 0 Å². The Morgan fingerprint density at radius 1 is 1.13 bits per heavy atom. The van der Waals surface area contributed by atoms with Crippen LogP contribution in [0.4, 0.5) is 5.82 Å². The Hall–Kier alpha value is -2.27. The lowest BCUT2D eigenvalue weighted by atomic mass is 10.1. The minimum absolute atomic E-state index is 0.507. The highest BCUT2D eigenvalue weighted by molar-refractivity contribution is 5.65. The van der Waals surface area contributed by atoms with Crippen LogP contribution in [0.3, 0.4) is 0 Å². The molecule has 1 saturated heterocycles. The lowest BCUT2D eigenvalue weighted by Gasteiger charge is -2.16. The van der Waals surface area contributed by atoms with E-state index in [1.807, 2.05) is 30.3 Å². The minimum Gasteiger partial charge on any atom is -0.493 e. The lowest BCUT2D eigenvalue weighted by molar-refractivity contribution is 0.230. The van der Waals surface area contributed by atoms with Gasteiger partial charge in [-0.3, -0.25) is 4.90 Å². The number of rotatable bonds is 6. The van der Waals surface area contributed by atoms with Crippen molar-refractivity contribution in [2.24, 2.45) is 0 Å². The molecule has 0 bridgehead atoms. The van der Waals surface area contributed by atoms with Gasteiger partial charge in [-0.25, -0.2) is 4.98 Å². The highest BCUT2D eigenvalue weighted by Gasteiger charge is 2.12. The Balaban J connectivity index is 1.69. The van der Waals surface area contributed by atoms with Crippen molar-refractivity contribution in [1.29, 1.82) is 0 Å². The first-order chi connectivity index (χ1) is 11.3. The van der Waals surface area contributed by atoms with Crippen LogP contribution < -0.4 is 15.2 Å². The maximum absolute atomic E-state index is 5.89. The molecule has 5 heteroatoms. The predicted molar refractivity (Wildman–Crippen MR) is 91.8 cm³/mol. The number of nitrogen functional groups attached to an aromatic ring is 1. The summed E-state index contributed by atoms with van der Waals surface area (Å²) >= 11 is 0. The molecule has 1 aromatic carbocycles. The van der Waals surface area contributed by atoms with Crippen LogP contribution in [0.1, 0.15) is 12.8 Å². The Morgan fingerprint density at radius 2 is 1.96 bits per heavy atom. The molecule has 1 fully saturated rings. The Labute approximate surface area is 137 Å². The van der Waals surface area contributed by atoms with Gasteiger partial charge in [-0.05, 0) is 56.3 Å². The Bertz CT molecular complexity index is 654. The molecule has 0 spiro atoms. The zero-order valence-corrected chi connectivity index (χ0v) is 13.5. The molecule has 23 heavy (non-hydrogen) atoms. The molecule has 0 unspecified atom stereocenters. The average Bonchev–Trinajstić information content (AvgIpc) is 3.08. The average molecular weight is 313 g/mol. The second-order valence-corrected chi connectivity index (χ2v) is 5.71. The second-order valence-electron chi connectivity index (χ2n) is 5.71. The van der Waals surface area contributed by atoms with Gasteiger partial charge in [0.25, 0.3) is 0 Å². The van der Waals surface area contributed by atoms with E-state index in [1.54, 1.807) is 13.2 Å². The number of hydrogen-bond acceptors (Lipinski definition) is 5. The van der Waals surface area contributed by atoms with E-state index in [-0.39, 0.29) is 0 Å². The SMILES string of the molecule is COc1cc(-c2cccc(N)n2)ccc1OCCN1CCCC1. The van der Waals surface area contributed by atoms with E-state index >= 15 is 0 Å². The molecule has 0 amide bonds. The molecule has 0 radical (unpaired) electrons. The van der Waals surface area contributed by atoms with Crippen molar-refractivity contribution in [2.75, 3.05) is 39.1 Å². The van der Waals surface area contributed by atoms with Crippen molar-refractivity contribution in [3.05, 3.63) is 36.4 Å². The number of likely N-dealkylation sites (tertiary alicyclic amines) is 1. The second kappa shape index (κ2) is 7.33. The van der Waals surface area contributed by atoms with Gasteiger partial charge in [0.05, 0.1) is 12.8 Å². The normalized spacial score (nSPS) is 14.8. The molecule has 1 aliphatic heterocycles. The monoisotopic (exact) mass is 313 g/mol. The van der Waals surface area contributed by atoms with E-state index in [4.69, 9.17) is 15.2 Å². The molecule has 3 rings (SSSR count). The third-order valence-corrected chi connectivity index (χ3v) is 4.09. The third kappa shape index (κ3) is 3.93. The molecule has 2 aromatic rings. The summed E-state index contributed by atoms with van der Waals surface area (Å²) in [4.78, 5) is 6.77. The van der Waals surface area contributed by atoms with Gasteiger partial charge in [0.1, 0.15) is 12.4 Å². The third-order valence-electron chi connectivity index (χ3n) is 4.09. The van der Waals surface area contributed by atoms with Gasteiger partial charge in [-0.2, -0.15) is 0 Å². The number of pyridine rings is 1. The lowest BCUT2D eigenvalue weighted by Crippen LogP contribution is -2.25. The summed E-state index contributed by atoms with van der Waals surface area (Å²) in [5, 5.41) is 0. The number of anilines is 1. The van der Waals surface area contributed by atoms with Crippen LogP contribution in [0.2, 0.25) is 0 Å². The molecular formula is C18H23N3O2. The van der Waals surface area contributed by atoms with E-state index in [2.05, 4.69) is 9.88 Å². The van der Waals surface area contributed by atoms with Gasteiger partial charge in [0, 0.05) is 12.1 Å². The van der Waals surface area contributed by atoms with Crippen molar-refractivity contribution in [2.45, 2.75) is 12.8 Å². The highest BCUT2D eigenvalue weighted by Crippen LogP contribution is 2.32. The Morgan fingerprint density at radius 3 is 2.70 bits per heavy atom. The Kier molecular flexibility index (Phi) is 4.98. The number of benzene rings is 1. The molecule has 0 atom stereocenters. The zero-order valence-electron chi connectivity index (χ0n) is 13.5. The molecule has 5 nitrogen and oxygen atoms in total. The van der Waals surface area contributed by atoms with Crippen LogP contribution >= 0.6 is 0 Å². The van der Waals surface area contributed by atoms with E-state index in [9.17, 15) is 0 Å². The fourth-order valence-electron chi connectivity index (χ4n) is 2.85. The van der Waals surface area contributed by atoms with Gasteiger partial charge in [-0.15, -0.1) is 0 Å². The first-order valence-electron chi connectivity index (χ1n) is 8.02. The summed E-state index contributed by atoms with van der Waals surface area (Å²) in [6.07, 6.45) is 2.59. The number of ether oxygens (including phenoxy) is 2. The summed E-state index contributed by atoms with van der Waals surface area (Å²) in [7, 11) is 1.65. The summed E-state index contributed by atoms with van der Waals surface area (Å²) in [5.41, 5.74) is 7.54. The molecule has 1 aromatic heterocycles. The topological polar surface area (TPSA) is 60.6 Å². The molecular weight excluding hydrogens is 290 g/mol. The van der Waals surface area contributed by atoms with Crippen LogP contribution in [-0.2, 0) is 0 Å². The predicted octanol–water partition coefficient (Wildman–Crippen LogP) is 2.81. The summed E-state index contributed by atoms with van der Waals surface area (Å²) in [5.74, 6) is 1.99. The fraction of sp³-hybridized carbons (Fsp3) is 0.389. The van der Waals surface area contributed by atoms with Crippen LogP contribution in [0.5, 0.6) is 11.5 Å². The maximum atomic E-state index is 5.89. The number of nitrogens with zero attached hydrogens (tertiary/aromatic N) is 2. The largest absolute Gasteiger partial charge is 0.493 e. The first kappa shape index (κ1) is 15.6. The molecule has 122 valence electrons. The number of aromatic nitrogens is 1. The maximum Gasteiger partial charge on any atom is 0.161 e. The van der Waals surface area contributed by atoms with Crippen molar-refractivity contribution in [3.8, 4) is 22.8 Å². The van der Waals surface area contributed by atoms with Crippen LogP contribution in [0.15, 0.2) is 36.4 Å². The fourth-order valence-corrected chi connectivity index (χ4v) is 2.85. The van der Waals surface area contributed by atoms with Crippen molar-refractivity contribution in [3.63, 3.8) is 0 Å². The van der Waals surface area contributed by atoms with Gasteiger partial charge in [-0.1, -0.05) is 6.07 Å². The number of hydrogen-bond donors (Lipinski definition) is 1. The highest BCUT2D eigenvalue weighted by atomic mass is 16.5. The van der Waals surface area contributed by atoms with Crippen molar-refractivity contribution >= 4 is 5.82 Å². The summed E-state index contributed by atoms with van der Waals surface area (Å²) < 4.78 is 11.4.